The van der Waals surface area contributed by atoms with Gasteiger partial charge in [0.15, 0.2) is 9.84 Å². The van der Waals surface area contributed by atoms with Crippen LogP contribution in [0.25, 0.3) is 10.9 Å². The Labute approximate surface area is 169 Å². The molecular weight excluding hydrogens is 398 g/mol. The van der Waals surface area contributed by atoms with Gasteiger partial charge in [-0.2, -0.15) is 0 Å². The summed E-state index contributed by atoms with van der Waals surface area (Å²) in [6.07, 6.45) is 1.66. The molecule has 6 nitrogen and oxygen atoms in total. The van der Waals surface area contributed by atoms with Crippen LogP contribution in [0.5, 0.6) is 0 Å². The topological polar surface area (TPSA) is 81.1 Å². The largest absolute Gasteiger partial charge is 0.340 e. The minimum atomic E-state index is -3.26. The summed E-state index contributed by atoms with van der Waals surface area (Å²) in [5.41, 5.74) is 2.01. The molecule has 0 radical (unpaired) electrons. The molecule has 3 aromatic rings. The van der Waals surface area contributed by atoms with E-state index in [0.717, 1.165) is 22.2 Å². The molecule has 2 heterocycles. The zero-order valence-corrected chi connectivity index (χ0v) is 17.7. The average Bonchev–Trinajstić information content (AvgIpc) is 2.64. The Hall–Kier alpha value is -2.38. The lowest BCUT2D eigenvalue weighted by Gasteiger charge is -2.16. The predicted molar refractivity (Wildman–Crippen MR) is 114 cm³/mol. The third-order valence-corrected chi connectivity index (χ3v) is 6.60. The van der Waals surface area contributed by atoms with E-state index in [4.69, 9.17) is 11.6 Å². The van der Waals surface area contributed by atoms with Crippen molar-refractivity contribution in [2.24, 2.45) is 0 Å². The molecule has 0 aliphatic carbocycles. The summed E-state index contributed by atoms with van der Waals surface area (Å²) in [6.45, 7) is 7.29. The number of nitrogens with one attached hydrogen (secondary N) is 1. The van der Waals surface area contributed by atoms with Crippen LogP contribution >= 0.6 is 11.6 Å². The summed E-state index contributed by atoms with van der Waals surface area (Å²) in [5, 5.41) is 4.13. The van der Waals surface area contributed by atoms with Gasteiger partial charge in [0, 0.05) is 29.4 Å². The van der Waals surface area contributed by atoms with Gasteiger partial charge >= 0.3 is 0 Å². The van der Waals surface area contributed by atoms with Crippen molar-refractivity contribution in [2.75, 3.05) is 11.1 Å². The highest BCUT2D eigenvalue weighted by Crippen LogP contribution is 2.26. The molecule has 0 amide bonds. The van der Waals surface area contributed by atoms with E-state index in [1.807, 2.05) is 20.8 Å². The monoisotopic (exact) mass is 419 g/mol. The standard InChI is InChI=1S/C20H22ClN3O3S/c1-5-28(26,27)15-6-7-17(13(4)8-15)23-19-10-18-14(11-22-19)9-16(21)20(25)24(18)12(2)3/h6-12H,5H2,1-4H3,(H,22,23). The second-order valence-electron chi connectivity index (χ2n) is 6.89. The van der Waals surface area contributed by atoms with E-state index in [2.05, 4.69) is 10.3 Å². The van der Waals surface area contributed by atoms with Crippen molar-refractivity contribution in [1.29, 1.82) is 0 Å². The minimum Gasteiger partial charge on any atom is -0.340 e. The molecule has 1 aromatic carbocycles. The van der Waals surface area contributed by atoms with Crippen LogP contribution in [0.2, 0.25) is 5.02 Å². The third-order valence-electron chi connectivity index (χ3n) is 4.59. The number of anilines is 2. The number of aryl methyl sites for hydroxylation is 1. The number of nitrogens with zero attached hydrogens (tertiary/aromatic N) is 2. The summed E-state index contributed by atoms with van der Waals surface area (Å²) in [6, 6.07) is 8.30. The number of hydrogen-bond donors (Lipinski definition) is 1. The quantitative estimate of drug-likeness (QED) is 0.659. The number of hydrogen-bond acceptors (Lipinski definition) is 5. The summed E-state index contributed by atoms with van der Waals surface area (Å²) in [7, 11) is -3.26. The lowest BCUT2D eigenvalue weighted by Crippen LogP contribution is -2.22. The van der Waals surface area contributed by atoms with Gasteiger partial charge in [-0.3, -0.25) is 4.79 Å². The Morgan fingerprint density at radius 1 is 1.21 bits per heavy atom. The number of fused-ring (bicyclic) bond motifs is 1. The molecule has 28 heavy (non-hydrogen) atoms. The van der Waals surface area contributed by atoms with E-state index in [1.165, 1.54) is 0 Å². The van der Waals surface area contributed by atoms with Crippen molar-refractivity contribution in [2.45, 2.75) is 38.6 Å². The minimum absolute atomic E-state index is 0.0563. The van der Waals surface area contributed by atoms with Gasteiger partial charge in [-0.05, 0) is 50.6 Å². The first-order chi connectivity index (χ1) is 13.1. The zero-order chi connectivity index (χ0) is 20.6. The first-order valence-electron chi connectivity index (χ1n) is 8.95. The van der Waals surface area contributed by atoms with E-state index in [0.29, 0.717) is 10.7 Å². The van der Waals surface area contributed by atoms with Crippen LogP contribution < -0.4 is 10.9 Å². The van der Waals surface area contributed by atoms with Crippen molar-refractivity contribution in [1.82, 2.24) is 9.55 Å². The van der Waals surface area contributed by atoms with Gasteiger partial charge in [0.05, 0.1) is 16.2 Å². The SMILES string of the molecule is CCS(=O)(=O)c1ccc(Nc2cc3c(cn2)cc(Cl)c(=O)n3C(C)C)c(C)c1. The van der Waals surface area contributed by atoms with Gasteiger partial charge in [-0.1, -0.05) is 18.5 Å². The number of pyridine rings is 2. The van der Waals surface area contributed by atoms with Crippen molar-refractivity contribution < 1.29 is 8.42 Å². The smallest absolute Gasteiger partial charge is 0.270 e. The Kier molecular flexibility index (Phi) is 5.50. The van der Waals surface area contributed by atoms with E-state index in [-0.39, 0.29) is 22.4 Å². The molecule has 0 spiro atoms. The van der Waals surface area contributed by atoms with Crippen LogP contribution in [0.3, 0.4) is 0 Å². The molecule has 0 saturated carbocycles. The predicted octanol–water partition coefficient (Wildman–Crippen LogP) is 4.48. The summed E-state index contributed by atoms with van der Waals surface area (Å²) in [4.78, 5) is 17.1. The molecule has 0 atom stereocenters. The van der Waals surface area contributed by atoms with Gasteiger partial charge in [0.2, 0.25) is 0 Å². The fraction of sp³-hybridized carbons (Fsp3) is 0.300. The van der Waals surface area contributed by atoms with E-state index in [9.17, 15) is 13.2 Å². The number of benzene rings is 1. The fourth-order valence-electron chi connectivity index (χ4n) is 3.05. The molecule has 0 unspecified atom stereocenters. The highest BCUT2D eigenvalue weighted by atomic mass is 35.5. The van der Waals surface area contributed by atoms with Crippen LogP contribution in [0.4, 0.5) is 11.5 Å². The lowest BCUT2D eigenvalue weighted by molar-refractivity contribution is 0.597. The van der Waals surface area contributed by atoms with Crippen LogP contribution in [0, 0.1) is 6.92 Å². The maximum Gasteiger partial charge on any atom is 0.270 e. The van der Waals surface area contributed by atoms with Crippen LogP contribution in [0.1, 0.15) is 32.4 Å². The molecular formula is C20H22ClN3O3S. The van der Waals surface area contributed by atoms with E-state index < -0.39 is 9.84 Å². The van der Waals surface area contributed by atoms with Crippen molar-refractivity contribution in [3.05, 3.63) is 57.5 Å². The first kappa shape index (κ1) is 20.4. The molecule has 0 aliphatic rings. The van der Waals surface area contributed by atoms with E-state index >= 15 is 0 Å². The van der Waals surface area contributed by atoms with Crippen LogP contribution in [0.15, 0.2) is 46.2 Å². The number of halogens is 1. The summed E-state index contributed by atoms with van der Waals surface area (Å²) < 4.78 is 25.7. The second-order valence-corrected chi connectivity index (χ2v) is 9.58. The maximum atomic E-state index is 12.4. The molecule has 0 bridgehead atoms. The molecule has 1 N–H and O–H groups in total. The maximum absolute atomic E-state index is 12.4. The van der Waals surface area contributed by atoms with E-state index in [1.54, 1.807) is 48.0 Å². The summed E-state index contributed by atoms with van der Waals surface area (Å²) in [5.74, 6) is 0.610. The average molecular weight is 420 g/mol. The highest BCUT2D eigenvalue weighted by Gasteiger charge is 2.14. The lowest BCUT2D eigenvalue weighted by atomic mass is 10.2. The van der Waals surface area contributed by atoms with Crippen LogP contribution in [-0.2, 0) is 9.84 Å². The van der Waals surface area contributed by atoms with Crippen molar-refractivity contribution in [3.8, 4) is 0 Å². The molecule has 0 aliphatic heterocycles. The molecule has 3 rings (SSSR count). The zero-order valence-electron chi connectivity index (χ0n) is 16.2. The Morgan fingerprint density at radius 2 is 1.93 bits per heavy atom. The molecule has 0 fully saturated rings. The Bertz CT molecular complexity index is 1220. The number of sulfone groups is 1. The highest BCUT2D eigenvalue weighted by molar-refractivity contribution is 7.91. The van der Waals surface area contributed by atoms with Gasteiger partial charge in [-0.15, -0.1) is 0 Å². The molecule has 148 valence electrons. The molecule has 8 heteroatoms. The van der Waals surface area contributed by atoms with Gasteiger partial charge in [-0.25, -0.2) is 13.4 Å². The Balaban J connectivity index is 2.05. The van der Waals surface area contributed by atoms with Crippen LogP contribution in [-0.4, -0.2) is 23.7 Å². The second kappa shape index (κ2) is 7.56. The first-order valence-corrected chi connectivity index (χ1v) is 11.0. The van der Waals surface area contributed by atoms with Crippen molar-refractivity contribution in [3.63, 3.8) is 0 Å². The Morgan fingerprint density at radius 3 is 2.54 bits per heavy atom. The third kappa shape index (κ3) is 3.77. The molecule has 2 aromatic heterocycles. The van der Waals surface area contributed by atoms with Gasteiger partial charge in [0.25, 0.3) is 5.56 Å². The molecule has 0 saturated heterocycles. The normalized spacial score (nSPS) is 11.9. The van der Waals surface area contributed by atoms with Gasteiger partial charge < -0.3 is 9.88 Å². The van der Waals surface area contributed by atoms with Gasteiger partial charge in [0.1, 0.15) is 10.8 Å². The number of aromatic nitrogens is 2. The number of rotatable bonds is 5. The fourth-order valence-corrected chi connectivity index (χ4v) is 4.23. The summed E-state index contributed by atoms with van der Waals surface area (Å²) >= 11 is 6.06. The van der Waals surface area contributed by atoms with Crippen molar-refractivity contribution >= 4 is 43.8 Å².